The summed E-state index contributed by atoms with van der Waals surface area (Å²) < 4.78 is 25.5. The fourth-order valence-electron chi connectivity index (χ4n) is 1.43. The quantitative estimate of drug-likeness (QED) is 0.682. The van der Waals surface area contributed by atoms with Crippen molar-refractivity contribution in [3.63, 3.8) is 0 Å². The first-order valence-corrected chi connectivity index (χ1v) is 4.94. The summed E-state index contributed by atoms with van der Waals surface area (Å²) in [6.45, 7) is 0.781. The summed E-state index contributed by atoms with van der Waals surface area (Å²) in [5.41, 5.74) is 0. The van der Waals surface area contributed by atoms with E-state index in [-0.39, 0.29) is 5.91 Å². The molecule has 1 unspecified atom stereocenters. The van der Waals surface area contributed by atoms with Gasteiger partial charge in [0.15, 0.2) is 0 Å². The summed E-state index contributed by atoms with van der Waals surface area (Å²) >= 11 is 0. The van der Waals surface area contributed by atoms with Gasteiger partial charge in [0, 0.05) is 19.5 Å². The highest BCUT2D eigenvalue weighted by molar-refractivity contribution is 5.82. The number of likely N-dealkylation sites (N-methyl/N-ethyl adjacent to an activating group) is 1. The van der Waals surface area contributed by atoms with E-state index >= 15 is 0 Å². The number of nitrogens with one attached hydrogen (secondary N) is 2. The lowest BCUT2D eigenvalue weighted by Gasteiger charge is -2.13. The molecule has 1 rings (SSSR count). The highest BCUT2D eigenvalue weighted by Crippen LogP contribution is 2.24. The minimum atomic E-state index is -2.75. The summed E-state index contributed by atoms with van der Waals surface area (Å²) in [4.78, 5) is 13.3. The van der Waals surface area contributed by atoms with Crippen LogP contribution in [0.3, 0.4) is 0 Å². The maximum atomic E-state index is 12.8. The first-order valence-electron chi connectivity index (χ1n) is 4.94. The summed E-state index contributed by atoms with van der Waals surface area (Å²) in [7, 11) is 3.77. The van der Waals surface area contributed by atoms with Gasteiger partial charge in [-0.3, -0.25) is 10.1 Å². The Bertz CT molecular complexity index is 233. The van der Waals surface area contributed by atoms with Crippen LogP contribution in [0.1, 0.15) is 6.42 Å². The minimum Gasteiger partial charge on any atom is -0.353 e. The van der Waals surface area contributed by atoms with Crippen LogP contribution in [0, 0.1) is 0 Å². The van der Waals surface area contributed by atoms with Crippen LogP contribution < -0.4 is 10.6 Å². The normalized spacial score (nSPS) is 24.5. The molecule has 2 N–H and O–H groups in total. The number of nitrogens with zero attached hydrogens (tertiary/aromatic N) is 1. The van der Waals surface area contributed by atoms with Crippen molar-refractivity contribution >= 4 is 5.91 Å². The molecule has 1 aliphatic heterocycles. The summed E-state index contributed by atoms with van der Waals surface area (Å²) in [5, 5.41) is 5.13. The zero-order valence-electron chi connectivity index (χ0n) is 9.02. The number of alkyl halides is 2. The second-order valence-corrected chi connectivity index (χ2v) is 4.09. The molecule has 0 saturated carbocycles. The van der Waals surface area contributed by atoms with Crippen molar-refractivity contribution < 1.29 is 13.6 Å². The molecule has 1 saturated heterocycles. The van der Waals surface area contributed by atoms with Crippen LogP contribution in [0.5, 0.6) is 0 Å². The molecular formula is C9H17F2N3O. The number of hydrogen-bond donors (Lipinski definition) is 2. The molecule has 88 valence electrons. The molecule has 4 nitrogen and oxygen atoms in total. The maximum Gasteiger partial charge on any atom is 0.262 e. The number of carbonyl (C=O) groups is 1. The standard InChI is InChI=1S/C9H17F2N3O/c1-14(2)4-3-12-8(15)7-5-9(10,11)6-13-7/h7,13H,3-6H2,1-2H3,(H,12,15). The van der Waals surface area contributed by atoms with Crippen molar-refractivity contribution in [3.05, 3.63) is 0 Å². The van der Waals surface area contributed by atoms with Gasteiger partial charge in [0.2, 0.25) is 5.91 Å². The number of hydrogen-bond acceptors (Lipinski definition) is 3. The molecule has 1 aliphatic rings. The Balaban J connectivity index is 2.24. The van der Waals surface area contributed by atoms with E-state index in [9.17, 15) is 13.6 Å². The van der Waals surface area contributed by atoms with Crippen molar-refractivity contribution in [2.45, 2.75) is 18.4 Å². The molecule has 0 aromatic carbocycles. The molecule has 1 fully saturated rings. The van der Waals surface area contributed by atoms with Gasteiger partial charge in [-0.25, -0.2) is 8.78 Å². The van der Waals surface area contributed by atoms with Crippen LogP contribution in [0.15, 0.2) is 0 Å². The average Bonchev–Trinajstić information content (AvgIpc) is 2.45. The smallest absolute Gasteiger partial charge is 0.262 e. The van der Waals surface area contributed by atoms with Gasteiger partial charge in [0.25, 0.3) is 5.92 Å². The van der Waals surface area contributed by atoms with E-state index in [1.807, 2.05) is 19.0 Å². The zero-order valence-corrected chi connectivity index (χ0v) is 9.02. The molecule has 1 atom stereocenters. The maximum absolute atomic E-state index is 12.8. The van der Waals surface area contributed by atoms with Gasteiger partial charge >= 0.3 is 0 Å². The van der Waals surface area contributed by atoms with Crippen LogP contribution >= 0.6 is 0 Å². The Morgan fingerprint density at radius 1 is 1.60 bits per heavy atom. The minimum absolute atomic E-state index is 0.339. The molecule has 15 heavy (non-hydrogen) atoms. The molecule has 0 aromatic heterocycles. The van der Waals surface area contributed by atoms with Crippen LogP contribution in [-0.2, 0) is 4.79 Å². The number of amides is 1. The van der Waals surface area contributed by atoms with E-state index < -0.39 is 24.9 Å². The van der Waals surface area contributed by atoms with Crippen LogP contribution in [-0.4, -0.2) is 56.5 Å². The highest BCUT2D eigenvalue weighted by atomic mass is 19.3. The second kappa shape index (κ2) is 4.85. The fourth-order valence-corrected chi connectivity index (χ4v) is 1.43. The van der Waals surface area contributed by atoms with Gasteiger partial charge in [-0.2, -0.15) is 0 Å². The lowest BCUT2D eigenvalue weighted by molar-refractivity contribution is -0.123. The molecule has 1 heterocycles. The van der Waals surface area contributed by atoms with Crippen molar-refractivity contribution in [1.29, 1.82) is 0 Å². The number of rotatable bonds is 4. The Labute approximate surface area is 88.0 Å². The van der Waals surface area contributed by atoms with Crippen molar-refractivity contribution in [1.82, 2.24) is 15.5 Å². The van der Waals surface area contributed by atoms with E-state index in [1.165, 1.54) is 0 Å². The topological polar surface area (TPSA) is 44.4 Å². The zero-order chi connectivity index (χ0) is 11.5. The Morgan fingerprint density at radius 3 is 2.73 bits per heavy atom. The van der Waals surface area contributed by atoms with Gasteiger partial charge in [-0.1, -0.05) is 0 Å². The molecule has 0 bridgehead atoms. The highest BCUT2D eigenvalue weighted by Gasteiger charge is 2.42. The average molecular weight is 221 g/mol. The van der Waals surface area contributed by atoms with Gasteiger partial charge < -0.3 is 10.2 Å². The Hall–Kier alpha value is -0.750. The second-order valence-electron chi connectivity index (χ2n) is 4.09. The van der Waals surface area contributed by atoms with Crippen LogP contribution in [0.2, 0.25) is 0 Å². The third kappa shape index (κ3) is 4.09. The van der Waals surface area contributed by atoms with E-state index in [0.29, 0.717) is 13.1 Å². The SMILES string of the molecule is CN(C)CCNC(=O)C1CC(F)(F)CN1. The Morgan fingerprint density at radius 2 is 2.27 bits per heavy atom. The lowest BCUT2D eigenvalue weighted by Crippen LogP contribution is -2.42. The first kappa shape index (κ1) is 12.3. The van der Waals surface area contributed by atoms with Crippen molar-refractivity contribution in [3.8, 4) is 0 Å². The van der Waals surface area contributed by atoms with Crippen molar-refractivity contribution in [2.75, 3.05) is 33.7 Å². The predicted octanol–water partition coefficient (Wildman–Crippen LogP) is -0.339. The van der Waals surface area contributed by atoms with Crippen molar-refractivity contribution in [2.24, 2.45) is 0 Å². The lowest BCUT2D eigenvalue weighted by atomic mass is 10.2. The monoisotopic (exact) mass is 221 g/mol. The molecular weight excluding hydrogens is 204 g/mol. The molecule has 0 aromatic rings. The van der Waals surface area contributed by atoms with Crippen LogP contribution in [0.4, 0.5) is 8.78 Å². The number of carbonyl (C=O) groups excluding carboxylic acids is 1. The predicted molar refractivity (Wildman–Crippen MR) is 52.9 cm³/mol. The van der Waals surface area contributed by atoms with Gasteiger partial charge in [0.05, 0.1) is 12.6 Å². The Kier molecular flexibility index (Phi) is 3.98. The fraction of sp³-hybridized carbons (Fsp3) is 0.889. The summed E-state index contributed by atoms with van der Waals surface area (Å²) in [6.07, 6.45) is -0.402. The molecule has 0 radical (unpaired) electrons. The van der Waals surface area contributed by atoms with E-state index in [0.717, 1.165) is 0 Å². The molecule has 6 heteroatoms. The van der Waals surface area contributed by atoms with Crippen LogP contribution in [0.25, 0.3) is 0 Å². The molecule has 1 amide bonds. The number of halogens is 2. The summed E-state index contributed by atoms with van der Waals surface area (Å²) in [5.74, 6) is -3.09. The van der Waals surface area contributed by atoms with E-state index in [4.69, 9.17) is 0 Å². The van der Waals surface area contributed by atoms with Gasteiger partial charge in [-0.15, -0.1) is 0 Å². The third-order valence-electron chi connectivity index (χ3n) is 2.28. The molecule has 0 spiro atoms. The van der Waals surface area contributed by atoms with E-state index in [1.54, 1.807) is 0 Å². The largest absolute Gasteiger partial charge is 0.353 e. The van der Waals surface area contributed by atoms with Gasteiger partial charge in [0.1, 0.15) is 0 Å². The third-order valence-corrected chi connectivity index (χ3v) is 2.28. The van der Waals surface area contributed by atoms with E-state index in [2.05, 4.69) is 10.6 Å². The molecule has 0 aliphatic carbocycles. The summed E-state index contributed by atoms with van der Waals surface area (Å²) in [6, 6.07) is -0.748. The first-order chi connectivity index (χ1) is 6.91. The van der Waals surface area contributed by atoms with Gasteiger partial charge in [-0.05, 0) is 14.1 Å².